The van der Waals surface area contributed by atoms with E-state index in [1.54, 1.807) is 13.0 Å². The van der Waals surface area contributed by atoms with Crippen LogP contribution in [0.4, 0.5) is 5.69 Å². The van der Waals surface area contributed by atoms with E-state index in [0.29, 0.717) is 10.7 Å². The minimum Gasteiger partial charge on any atom is -0.392 e. The Morgan fingerprint density at radius 3 is 2.47 bits per heavy atom. The summed E-state index contributed by atoms with van der Waals surface area (Å²) in [6.45, 7) is 1.64. The normalized spacial score (nSPS) is 10.4. The van der Waals surface area contributed by atoms with Gasteiger partial charge in [0, 0.05) is 11.0 Å². The molecule has 0 unspecified atom stereocenters. The average Bonchev–Trinajstić information content (AvgIpc) is 2.39. The number of hydrogen-bond donors (Lipinski definition) is 1. The minimum atomic E-state index is -0.438. The topological polar surface area (TPSA) is 76.3 Å². The monoisotopic (exact) mass is 276 g/mol. The molecule has 2 aromatic rings. The molecule has 0 bridgehead atoms. The van der Waals surface area contributed by atoms with Gasteiger partial charge in [-0.05, 0) is 30.7 Å². The molecule has 0 aliphatic rings. The molecule has 2 rings (SSSR count). The van der Waals surface area contributed by atoms with Crippen molar-refractivity contribution < 1.29 is 10.0 Å². The smallest absolute Gasteiger partial charge is 0.290 e. The van der Waals surface area contributed by atoms with Gasteiger partial charge in [0.25, 0.3) is 5.69 Å². The van der Waals surface area contributed by atoms with Crippen molar-refractivity contribution in [3.8, 4) is 0 Å². The van der Waals surface area contributed by atoms with Gasteiger partial charge in [-0.1, -0.05) is 23.9 Å². The molecule has 1 N–H and O–H groups in total. The zero-order valence-corrected chi connectivity index (χ0v) is 11.1. The Hall–Kier alpha value is -1.92. The highest BCUT2D eigenvalue weighted by atomic mass is 32.2. The molecule has 0 amide bonds. The summed E-state index contributed by atoms with van der Waals surface area (Å²) >= 11 is 1.43. The Morgan fingerprint density at radius 2 is 1.95 bits per heavy atom. The maximum absolute atomic E-state index is 10.7. The number of aryl methyl sites for hydroxylation is 1. The summed E-state index contributed by atoms with van der Waals surface area (Å²) < 4.78 is 0. The van der Waals surface area contributed by atoms with Crippen LogP contribution >= 0.6 is 11.8 Å². The van der Waals surface area contributed by atoms with Gasteiger partial charge in [0.15, 0.2) is 0 Å². The highest BCUT2D eigenvalue weighted by Gasteiger charge is 2.12. The lowest BCUT2D eigenvalue weighted by Gasteiger charge is -2.03. The van der Waals surface area contributed by atoms with Crippen LogP contribution < -0.4 is 0 Å². The van der Waals surface area contributed by atoms with Crippen molar-refractivity contribution in [1.29, 1.82) is 0 Å². The van der Waals surface area contributed by atoms with Crippen LogP contribution in [0.15, 0.2) is 46.3 Å². The lowest BCUT2D eigenvalue weighted by atomic mass is 10.2. The summed E-state index contributed by atoms with van der Waals surface area (Å²) in [5.74, 6) is 0. The summed E-state index contributed by atoms with van der Waals surface area (Å²) in [6, 6.07) is 10.5. The minimum absolute atomic E-state index is 0.0137. The van der Waals surface area contributed by atoms with Crippen LogP contribution in [0.1, 0.15) is 11.3 Å². The van der Waals surface area contributed by atoms with Crippen molar-refractivity contribution in [2.24, 2.45) is 0 Å². The third-order valence-electron chi connectivity index (χ3n) is 2.56. The molecule has 0 radical (unpaired) electrons. The summed E-state index contributed by atoms with van der Waals surface area (Å²) in [7, 11) is 0. The highest BCUT2D eigenvalue weighted by molar-refractivity contribution is 7.99. The second-order valence-corrected chi connectivity index (χ2v) is 5.01. The summed E-state index contributed by atoms with van der Waals surface area (Å²) in [5, 5.41) is 20.4. The van der Waals surface area contributed by atoms with Gasteiger partial charge in [0.2, 0.25) is 0 Å². The predicted molar refractivity (Wildman–Crippen MR) is 72.1 cm³/mol. The zero-order chi connectivity index (χ0) is 13.8. The van der Waals surface area contributed by atoms with Crippen LogP contribution in [0, 0.1) is 17.0 Å². The number of nitro groups is 1. The fourth-order valence-corrected chi connectivity index (χ4v) is 2.40. The molecule has 0 saturated heterocycles. The van der Waals surface area contributed by atoms with E-state index in [1.807, 2.05) is 24.3 Å². The van der Waals surface area contributed by atoms with E-state index in [0.717, 1.165) is 10.5 Å². The number of aromatic nitrogens is 1. The van der Waals surface area contributed by atoms with Crippen molar-refractivity contribution in [1.82, 2.24) is 4.98 Å². The largest absolute Gasteiger partial charge is 0.392 e. The first kappa shape index (κ1) is 13.5. The molecule has 0 atom stereocenters. The summed E-state index contributed by atoms with van der Waals surface area (Å²) in [5.41, 5.74) is 1.28. The van der Waals surface area contributed by atoms with Gasteiger partial charge in [0.05, 0.1) is 11.5 Å². The highest BCUT2D eigenvalue weighted by Crippen LogP contribution is 2.28. The van der Waals surface area contributed by atoms with Crippen molar-refractivity contribution in [2.75, 3.05) is 0 Å². The van der Waals surface area contributed by atoms with Crippen LogP contribution in [-0.4, -0.2) is 15.0 Å². The lowest BCUT2D eigenvalue weighted by Crippen LogP contribution is -1.94. The Bertz CT molecular complexity index is 599. The molecule has 98 valence electrons. The van der Waals surface area contributed by atoms with E-state index in [4.69, 9.17) is 5.11 Å². The van der Waals surface area contributed by atoms with Crippen LogP contribution in [0.5, 0.6) is 0 Å². The van der Waals surface area contributed by atoms with Crippen LogP contribution in [-0.2, 0) is 6.61 Å². The fraction of sp³-hybridized carbons (Fsp3) is 0.154. The predicted octanol–water partition coefficient (Wildman–Crippen LogP) is 2.94. The maximum Gasteiger partial charge on any atom is 0.290 e. The number of nitrogens with zero attached hydrogens (tertiary/aromatic N) is 2. The fourth-order valence-electron chi connectivity index (χ4n) is 1.56. The summed E-state index contributed by atoms with van der Waals surface area (Å²) in [6.07, 6.45) is 0. The first-order chi connectivity index (χ1) is 9.10. The molecule has 0 saturated carbocycles. The van der Waals surface area contributed by atoms with Crippen molar-refractivity contribution in [3.05, 3.63) is 57.8 Å². The molecule has 0 aliphatic heterocycles. The Morgan fingerprint density at radius 1 is 1.26 bits per heavy atom. The van der Waals surface area contributed by atoms with Crippen molar-refractivity contribution in [3.63, 3.8) is 0 Å². The van der Waals surface area contributed by atoms with E-state index in [-0.39, 0.29) is 12.3 Å². The molecule has 6 heteroatoms. The van der Waals surface area contributed by atoms with Crippen LogP contribution in [0.25, 0.3) is 0 Å². The SMILES string of the molecule is Cc1nc(Sc2ccc(CO)cc2)ccc1[N+](=O)[O-]. The molecular weight excluding hydrogens is 264 g/mol. The van der Waals surface area contributed by atoms with E-state index >= 15 is 0 Å². The van der Waals surface area contributed by atoms with E-state index < -0.39 is 4.92 Å². The Balaban J connectivity index is 2.18. The molecule has 0 fully saturated rings. The number of aliphatic hydroxyl groups excluding tert-OH is 1. The van der Waals surface area contributed by atoms with Gasteiger partial charge in [-0.3, -0.25) is 10.1 Å². The first-order valence-electron chi connectivity index (χ1n) is 5.60. The number of aliphatic hydroxyl groups is 1. The van der Waals surface area contributed by atoms with Crippen LogP contribution in [0.3, 0.4) is 0 Å². The Kier molecular flexibility index (Phi) is 4.13. The standard InChI is InChI=1S/C13H12N2O3S/c1-9-12(15(17)18)6-7-13(14-9)19-11-4-2-10(8-16)3-5-11/h2-7,16H,8H2,1H3. The van der Waals surface area contributed by atoms with Crippen molar-refractivity contribution >= 4 is 17.4 Å². The van der Waals surface area contributed by atoms with E-state index in [9.17, 15) is 10.1 Å². The number of rotatable bonds is 4. The van der Waals surface area contributed by atoms with Crippen LogP contribution in [0.2, 0.25) is 0 Å². The van der Waals surface area contributed by atoms with Gasteiger partial charge in [-0.15, -0.1) is 0 Å². The molecule has 5 nitrogen and oxygen atoms in total. The van der Waals surface area contributed by atoms with E-state index in [1.165, 1.54) is 17.8 Å². The Labute approximate surface area is 114 Å². The number of hydrogen-bond acceptors (Lipinski definition) is 5. The molecular formula is C13H12N2O3S. The summed E-state index contributed by atoms with van der Waals surface area (Å²) in [4.78, 5) is 15.4. The first-order valence-corrected chi connectivity index (χ1v) is 6.41. The number of pyridine rings is 1. The zero-order valence-electron chi connectivity index (χ0n) is 10.2. The maximum atomic E-state index is 10.7. The van der Waals surface area contributed by atoms with E-state index in [2.05, 4.69) is 4.98 Å². The number of benzene rings is 1. The van der Waals surface area contributed by atoms with Gasteiger partial charge < -0.3 is 5.11 Å². The quantitative estimate of drug-likeness (QED) is 0.686. The van der Waals surface area contributed by atoms with Gasteiger partial charge in [-0.2, -0.15) is 0 Å². The molecule has 1 aromatic heterocycles. The second-order valence-electron chi connectivity index (χ2n) is 3.92. The average molecular weight is 276 g/mol. The van der Waals surface area contributed by atoms with Gasteiger partial charge in [0.1, 0.15) is 10.7 Å². The third kappa shape index (κ3) is 3.30. The van der Waals surface area contributed by atoms with Gasteiger partial charge in [-0.25, -0.2) is 4.98 Å². The lowest BCUT2D eigenvalue weighted by molar-refractivity contribution is -0.385. The molecule has 19 heavy (non-hydrogen) atoms. The molecule has 1 aromatic carbocycles. The molecule has 0 spiro atoms. The molecule has 1 heterocycles. The van der Waals surface area contributed by atoms with Gasteiger partial charge >= 0.3 is 0 Å². The molecule has 0 aliphatic carbocycles. The second kappa shape index (κ2) is 5.81. The third-order valence-corrected chi connectivity index (χ3v) is 3.50. The van der Waals surface area contributed by atoms with Crippen molar-refractivity contribution in [2.45, 2.75) is 23.5 Å².